The van der Waals surface area contributed by atoms with Crippen LogP contribution in [0.15, 0.2) is 109 Å². The number of thiophene rings is 1. The molecule has 0 aliphatic carbocycles. The van der Waals surface area contributed by atoms with Crippen LogP contribution in [0.3, 0.4) is 0 Å². The van der Waals surface area contributed by atoms with Gasteiger partial charge in [0.2, 0.25) is 0 Å². The molecule has 0 spiro atoms. The Morgan fingerprint density at radius 2 is 0.950 bits per heavy atom. The highest BCUT2D eigenvalue weighted by Crippen LogP contribution is 2.44. The monoisotopic (exact) mass is 545 g/mol. The van der Waals surface area contributed by atoms with Gasteiger partial charge in [0.05, 0.1) is 28.8 Å². The van der Waals surface area contributed by atoms with Crippen molar-refractivity contribution in [1.29, 1.82) is 5.26 Å². The van der Waals surface area contributed by atoms with Gasteiger partial charge in [-0.15, -0.1) is 11.3 Å². The van der Waals surface area contributed by atoms with Gasteiger partial charge in [-0.1, -0.05) is 84.9 Å². The van der Waals surface area contributed by atoms with Crippen LogP contribution >= 0.6 is 11.3 Å². The van der Waals surface area contributed by atoms with E-state index in [9.17, 15) is 9.59 Å². The predicted octanol–water partition coefficient (Wildman–Crippen LogP) is 7.28. The molecule has 4 aromatic carbocycles. The second-order valence-electron chi connectivity index (χ2n) is 8.55. The highest BCUT2D eigenvalue weighted by atomic mass is 32.1. The molecule has 6 N–H and O–H groups in total. The van der Waals surface area contributed by atoms with Crippen LogP contribution in [0.2, 0.25) is 0 Å². The summed E-state index contributed by atoms with van der Waals surface area (Å²) in [5.74, 6) is -0.700. The van der Waals surface area contributed by atoms with Crippen molar-refractivity contribution in [2.75, 3.05) is 22.1 Å². The van der Waals surface area contributed by atoms with E-state index in [-0.39, 0.29) is 11.8 Å². The quantitative estimate of drug-likeness (QED) is 0.166. The van der Waals surface area contributed by atoms with Gasteiger partial charge in [-0.2, -0.15) is 5.26 Å². The number of anilines is 4. The normalized spacial score (nSPS) is 10.0. The number of hydrogen-bond donors (Lipinski definition) is 4. The number of rotatable bonds is 6. The molecule has 198 valence electrons. The number of carbonyl (C=O) groups excluding carboxylic acids is 2. The van der Waals surface area contributed by atoms with Crippen LogP contribution < -0.4 is 22.1 Å². The first-order valence-electron chi connectivity index (χ1n) is 12.3. The van der Waals surface area contributed by atoms with E-state index in [1.807, 2.05) is 60.7 Å². The van der Waals surface area contributed by atoms with Crippen LogP contribution in [-0.2, 0) is 0 Å². The summed E-state index contributed by atoms with van der Waals surface area (Å²) in [6, 6.07) is 35.1. The number of hydrogen-bond acceptors (Lipinski definition) is 6. The van der Waals surface area contributed by atoms with Crippen LogP contribution in [0.25, 0.3) is 22.3 Å². The molecule has 0 atom stereocenters. The Bertz CT molecular complexity index is 1560. The summed E-state index contributed by atoms with van der Waals surface area (Å²) in [4.78, 5) is 28.2. The second-order valence-corrected chi connectivity index (χ2v) is 9.57. The minimum atomic E-state index is -0.350. The van der Waals surface area contributed by atoms with Crippen LogP contribution in [0.5, 0.6) is 0 Å². The first-order valence-corrected chi connectivity index (χ1v) is 13.2. The maximum absolute atomic E-state index is 13.7. The summed E-state index contributed by atoms with van der Waals surface area (Å²) in [5, 5.41) is 13.2. The third-order valence-corrected chi connectivity index (χ3v) is 7.05. The first-order chi connectivity index (χ1) is 19.4. The third-order valence-electron chi connectivity index (χ3n) is 5.86. The molecule has 1 aromatic heterocycles. The van der Waals surface area contributed by atoms with Crippen LogP contribution in [0, 0.1) is 11.3 Å². The van der Waals surface area contributed by atoms with E-state index >= 15 is 0 Å². The minimum Gasteiger partial charge on any atom is -0.397 e. The molecule has 0 saturated carbocycles. The van der Waals surface area contributed by atoms with Crippen LogP contribution in [-0.4, -0.2) is 11.8 Å². The van der Waals surface area contributed by atoms with Crippen molar-refractivity contribution in [2.24, 2.45) is 0 Å². The van der Waals surface area contributed by atoms with Crippen molar-refractivity contribution in [2.45, 2.75) is 6.92 Å². The number of amides is 2. The molecule has 5 rings (SSSR count). The average molecular weight is 546 g/mol. The Hall–Kier alpha value is -5.39. The van der Waals surface area contributed by atoms with E-state index in [0.29, 0.717) is 43.6 Å². The second kappa shape index (κ2) is 12.9. The molecule has 0 radical (unpaired) electrons. The van der Waals surface area contributed by atoms with Gasteiger partial charge in [-0.3, -0.25) is 9.59 Å². The van der Waals surface area contributed by atoms with Gasteiger partial charge in [0.1, 0.15) is 9.75 Å². The van der Waals surface area contributed by atoms with Crippen molar-refractivity contribution in [3.63, 3.8) is 0 Å². The number of carbonyl (C=O) groups is 2. The summed E-state index contributed by atoms with van der Waals surface area (Å²) in [7, 11) is 0. The largest absolute Gasteiger partial charge is 0.397 e. The Kier molecular flexibility index (Phi) is 8.92. The zero-order valence-corrected chi connectivity index (χ0v) is 22.5. The molecule has 0 unspecified atom stereocenters. The molecule has 2 amide bonds. The topological polar surface area (TPSA) is 134 Å². The number of nitrogens with zero attached hydrogens (tertiary/aromatic N) is 1. The lowest BCUT2D eigenvalue weighted by Gasteiger charge is -2.12. The van der Waals surface area contributed by atoms with Crippen molar-refractivity contribution in [1.82, 2.24) is 0 Å². The molecule has 0 aliphatic rings. The molecular weight excluding hydrogens is 518 g/mol. The van der Waals surface area contributed by atoms with E-state index in [0.717, 1.165) is 22.5 Å². The Morgan fingerprint density at radius 3 is 1.30 bits per heavy atom. The number of nitrogen functional groups attached to an aromatic ring is 2. The van der Waals surface area contributed by atoms with Crippen molar-refractivity contribution < 1.29 is 9.59 Å². The van der Waals surface area contributed by atoms with Gasteiger partial charge in [0, 0.05) is 18.1 Å². The maximum atomic E-state index is 13.7. The van der Waals surface area contributed by atoms with E-state index < -0.39 is 0 Å². The Labute approximate surface area is 236 Å². The average Bonchev–Trinajstić information content (AvgIpc) is 3.38. The molecule has 0 fully saturated rings. The third kappa shape index (κ3) is 6.18. The summed E-state index contributed by atoms with van der Waals surface area (Å²) in [6.45, 7) is 1.43. The van der Waals surface area contributed by atoms with Crippen molar-refractivity contribution in [3.05, 3.63) is 119 Å². The molecule has 1 heterocycles. The highest BCUT2D eigenvalue weighted by Gasteiger charge is 2.28. The van der Waals surface area contributed by atoms with Crippen molar-refractivity contribution >= 4 is 45.9 Å². The van der Waals surface area contributed by atoms with Gasteiger partial charge < -0.3 is 22.1 Å². The van der Waals surface area contributed by atoms with Crippen LogP contribution in [0.1, 0.15) is 26.3 Å². The zero-order chi connectivity index (χ0) is 28.5. The summed E-state index contributed by atoms with van der Waals surface area (Å²) >= 11 is 1.14. The lowest BCUT2D eigenvalue weighted by Crippen LogP contribution is -2.13. The first kappa shape index (κ1) is 27.6. The van der Waals surface area contributed by atoms with Gasteiger partial charge in [-0.05, 0) is 35.4 Å². The zero-order valence-electron chi connectivity index (χ0n) is 21.7. The number of benzene rings is 4. The van der Waals surface area contributed by atoms with Gasteiger partial charge in [0.25, 0.3) is 11.8 Å². The van der Waals surface area contributed by atoms with Crippen LogP contribution in [0.4, 0.5) is 22.7 Å². The Balaban J connectivity index is 0.00000118. The van der Waals surface area contributed by atoms with E-state index in [1.165, 1.54) is 6.92 Å². The SMILES string of the molecule is CC#N.Nc1ccccc1NC(=O)c1sc(C(=O)Nc2ccccc2N)c(-c2ccccc2)c1-c1ccccc1. The lowest BCUT2D eigenvalue weighted by atomic mass is 9.94. The van der Waals surface area contributed by atoms with E-state index in [4.69, 9.17) is 16.7 Å². The molecule has 40 heavy (non-hydrogen) atoms. The summed E-state index contributed by atoms with van der Waals surface area (Å²) in [5.41, 5.74) is 17.1. The fourth-order valence-corrected chi connectivity index (χ4v) is 5.23. The fourth-order valence-electron chi connectivity index (χ4n) is 4.09. The van der Waals surface area contributed by atoms with E-state index in [2.05, 4.69) is 10.6 Å². The Morgan fingerprint density at radius 1 is 0.625 bits per heavy atom. The molecule has 8 heteroatoms. The van der Waals surface area contributed by atoms with Crippen molar-refractivity contribution in [3.8, 4) is 28.3 Å². The van der Waals surface area contributed by atoms with Gasteiger partial charge in [-0.25, -0.2) is 0 Å². The molecule has 7 nitrogen and oxygen atoms in total. The smallest absolute Gasteiger partial charge is 0.266 e. The summed E-state index contributed by atoms with van der Waals surface area (Å²) in [6.07, 6.45) is 0. The molecular formula is C32H27N5O2S. The fraction of sp³-hybridized carbons (Fsp3) is 0.0312. The maximum Gasteiger partial charge on any atom is 0.266 e. The number of nitriles is 1. The number of nitrogens with one attached hydrogen (secondary N) is 2. The minimum absolute atomic E-state index is 0.350. The molecule has 0 bridgehead atoms. The molecule has 0 aliphatic heterocycles. The molecule has 5 aromatic rings. The number of para-hydroxylation sites is 4. The molecule has 0 saturated heterocycles. The standard InChI is InChI=1S/C30H24N4O2S.C2H3N/c31-21-15-7-9-17-23(21)33-29(35)27-25(19-11-3-1-4-12-19)26(20-13-5-2-6-14-20)28(37-27)30(36)34-24-18-10-8-16-22(24)32;1-2-3/h1-18H,31-32H2,(H,33,35)(H,34,36);1H3. The van der Waals surface area contributed by atoms with Gasteiger partial charge >= 0.3 is 0 Å². The summed E-state index contributed by atoms with van der Waals surface area (Å²) < 4.78 is 0. The van der Waals surface area contributed by atoms with Gasteiger partial charge in [0.15, 0.2) is 0 Å². The number of nitrogens with two attached hydrogens (primary N) is 2. The highest BCUT2D eigenvalue weighted by molar-refractivity contribution is 7.17. The predicted molar refractivity (Wildman–Crippen MR) is 164 cm³/mol. The van der Waals surface area contributed by atoms with E-state index in [1.54, 1.807) is 54.6 Å². The lowest BCUT2D eigenvalue weighted by molar-refractivity contribution is 0.102.